The molecule has 1 aromatic rings. The fourth-order valence-corrected chi connectivity index (χ4v) is 2.15. The van der Waals surface area contributed by atoms with E-state index in [1.165, 1.54) is 0 Å². The maximum atomic E-state index is 12.1. The van der Waals surface area contributed by atoms with Crippen LogP contribution in [0.1, 0.15) is 23.2 Å². The number of aromatic nitrogens is 1. The highest BCUT2D eigenvalue weighted by molar-refractivity contribution is 9.10. The van der Waals surface area contributed by atoms with E-state index in [-0.39, 0.29) is 12.0 Å². The topological polar surface area (TPSA) is 53.4 Å². The zero-order valence-corrected chi connectivity index (χ0v) is 10.4. The summed E-state index contributed by atoms with van der Waals surface area (Å²) in [5, 5.41) is 9.37. The highest BCUT2D eigenvalue weighted by Gasteiger charge is 2.22. The molecule has 0 aromatic carbocycles. The average Bonchev–Trinajstić information content (AvgIpc) is 2.29. The van der Waals surface area contributed by atoms with Crippen LogP contribution in [0.2, 0.25) is 0 Å². The van der Waals surface area contributed by atoms with Gasteiger partial charge in [0.15, 0.2) is 0 Å². The number of aliphatic hydroxyl groups is 1. The van der Waals surface area contributed by atoms with Gasteiger partial charge in [0.05, 0.1) is 6.10 Å². The Morgan fingerprint density at radius 2 is 2.19 bits per heavy atom. The third kappa shape index (κ3) is 2.59. The van der Waals surface area contributed by atoms with E-state index in [9.17, 15) is 9.90 Å². The van der Waals surface area contributed by atoms with Crippen molar-refractivity contribution in [2.45, 2.75) is 18.9 Å². The summed E-state index contributed by atoms with van der Waals surface area (Å²) in [7, 11) is 0. The Balaban J connectivity index is 2.08. The standard InChI is InChI=1S/C11H13BrN2O2/c12-10-7-8(1-4-13-10)11(16)14-5-2-9(15)3-6-14/h1,4,7,9,15H,2-3,5-6H2. The van der Waals surface area contributed by atoms with Gasteiger partial charge in [-0.1, -0.05) is 0 Å². The van der Waals surface area contributed by atoms with E-state index >= 15 is 0 Å². The van der Waals surface area contributed by atoms with E-state index in [1.807, 2.05) is 0 Å². The van der Waals surface area contributed by atoms with Gasteiger partial charge < -0.3 is 10.0 Å². The molecule has 1 saturated heterocycles. The average molecular weight is 285 g/mol. The number of pyridine rings is 1. The van der Waals surface area contributed by atoms with E-state index in [0.717, 1.165) is 0 Å². The molecule has 16 heavy (non-hydrogen) atoms. The first-order valence-corrected chi connectivity index (χ1v) is 6.05. The lowest BCUT2D eigenvalue weighted by molar-refractivity contribution is 0.0546. The Morgan fingerprint density at radius 3 is 2.81 bits per heavy atom. The molecular weight excluding hydrogens is 272 g/mol. The highest BCUT2D eigenvalue weighted by atomic mass is 79.9. The number of rotatable bonds is 1. The number of hydrogen-bond donors (Lipinski definition) is 1. The quantitative estimate of drug-likeness (QED) is 0.794. The summed E-state index contributed by atoms with van der Waals surface area (Å²) in [6, 6.07) is 3.42. The number of amides is 1. The van der Waals surface area contributed by atoms with Crippen molar-refractivity contribution in [2.75, 3.05) is 13.1 Å². The molecule has 2 heterocycles. The van der Waals surface area contributed by atoms with Gasteiger partial charge in [-0.15, -0.1) is 0 Å². The van der Waals surface area contributed by atoms with Gasteiger partial charge >= 0.3 is 0 Å². The number of likely N-dealkylation sites (tertiary alicyclic amines) is 1. The van der Waals surface area contributed by atoms with Crippen LogP contribution in [-0.2, 0) is 0 Å². The summed E-state index contributed by atoms with van der Waals surface area (Å²) >= 11 is 3.24. The Morgan fingerprint density at radius 1 is 1.50 bits per heavy atom. The van der Waals surface area contributed by atoms with Crippen molar-refractivity contribution in [1.82, 2.24) is 9.88 Å². The Labute approximate surface area is 102 Å². The SMILES string of the molecule is O=C(c1ccnc(Br)c1)N1CCC(O)CC1. The minimum atomic E-state index is -0.256. The summed E-state index contributed by atoms with van der Waals surface area (Å²) in [6.07, 6.45) is 2.68. The molecule has 1 amide bonds. The van der Waals surface area contributed by atoms with Gasteiger partial charge in [0.25, 0.3) is 5.91 Å². The van der Waals surface area contributed by atoms with Crippen LogP contribution in [0.3, 0.4) is 0 Å². The normalized spacial score (nSPS) is 17.5. The Kier molecular flexibility index (Phi) is 3.56. The number of carbonyl (C=O) groups is 1. The summed E-state index contributed by atoms with van der Waals surface area (Å²) in [5.74, 6) is 0.00926. The molecule has 5 heteroatoms. The van der Waals surface area contributed by atoms with Crippen LogP contribution in [0, 0.1) is 0 Å². The molecule has 1 aliphatic rings. The van der Waals surface area contributed by atoms with Crippen molar-refractivity contribution in [2.24, 2.45) is 0 Å². The van der Waals surface area contributed by atoms with Crippen molar-refractivity contribution in [3.63, 3.8) is 0 Å². The molecule has 0 atom stereocenters. The highest BCUT2D eigenvalue weighted by Crippen LogP contribution is 2.15. The summed E-state index contributed by atoms with van der Waals surface area (Å²) in [5.41, 5.74) is 0.637. The number of nitrogens with zero attached hydrogens (tertiary/aromatic N) is 2. The Bertz CT molecular complexity index is 389. The van der Waals surface area contributed by atoms with Crippen LogP contribution < -0.4 is 0 Å². The van der Waals surface area contributed by atoms with Crippen LogP contribution in [0.4, 0.5) is 0 Å². The summed E-state index contributed by atoms with van der Waals surface area (Å²) in [6.45, 7) is 1.25. The van der Waals surface area contributed by atoms with E-state index in [4.69, 9.17) is 0 Å². The first-order chi connectivity index (χ1) is 7.66. The second-order valence-corrected chi connectivity index (χ2v) is 4.70. The molecule has 1 aromatic heterocycles. The molecule has 86 valence electrons. The monoisotopic (exact) mass is 284 g/mol. The third-order valence-electron chi connectivity index (χ3n) is 2.73. The first kappa shape index (κ1) is 11.5. The van der Waals surface area contributed by atoms with Crippen molar-refractivity contribution in [3.8, 4) is 0 Å². The van der Waals surface area contributed by atoms with E-state index < -0.39 is 0 Å². The lowest BCUT2D eigenvalue weighted by atomic mass is 10.1. The molecule has 1 aliphatic heterocycles. The third-order valence-corrected chi connectivity index (χ3v) is 3.16. The van der Waals surface area contributed by atoms with E-state index in [0.29, 0.717) is 36.1 Å². The summed E-state index contributed by atoms with van der Waals surface area (Å²) < 4.78 is 0.662. The van der Waals surface area contributed by atoms with Crippen LogP contribution in [0.5, 0.6) is 0 Å². The smallest absolute Gasteiger partial charge is 0.254 e. The van der Waals surface area contributed by atoms with Gasteiger partial charge in [-0.05, 0) is 40.9 Å². The molecule has 0 aliphatic carbocycles. The van der Waals surface area contributed by atoms with E-state index in [1.54, 1.807) is 23.2 Å². The fraction of sp³-hybridized carbons (Fsp3) is 0.455. The zero-order chi connectivity index (χ0) is 11.5. The minimum Gasteiger partial charge on any atom is -0.393 e. The maximum absolute atomic E-state index is 12.1. The predicted octanol–water partition coefficient (Wildman–Crippen LogP) is 1.44. The van der Waals surface area contributed by atoms with Crippen molar-refractivity contribution in [1.29, 1.82) is 0 Å². The number of halogens is 1. The lowest BCUT2D eigenvalue weighted by Crippen LogP contribution is -2.40. The molecule has 1 fully saturated rings. The van der Waals surface area contributed by atoms with Gasteiger partial charge in [-0.2, -0.15) is 0 Å². The van der Waals surface area contributed by atoms with Crippen LogP contribution >= 0.6 is 15.9 Å². The minimum absolute atomic E-state index is 0.00926. The number of carbonyl (C=O) groups excluding carboxylic acids is 1. The van der Waals surface area contributed by atoms with Crippen molar-refractivity contribution < 1.29 is 9.90 Å². The maximum Gasteiger partial charge on any atom is 0.254 e. The molecule has 2 rings (SSSR count). The zero-order valence-electron chi connectivity index (χ0n) is 8.77. The molecular formula is C11H13BrN2O2. The van der Waals surface area contributed by atoms with Gasteiger partial charge in [0.1, 0.15) is 4.60 Å². The van der Waals surface area contributed by atoms with Crippen LogP contribution in [0.15, 0.2) is 22.9 Å². The molecule has 4 nitrogen and oxygen atoms in total. The van der Waals surface area contributed by atoms with Crippen molar-refractivity contribution in [3.05, 3.63) is 28.5 Å². The van der Waals surface area contributed by atoms with Gasteiger partial charge in [0, 0.05) is 24.8 Å². The molecule has 0 saturated carbocycles. The van der Waals surface area contributed by atoms with Crippen LogP contribution in [-0.4, -0.2) is 40.1 Å². The molecule has 0 spiro atoms. The lowest BCUT2D eigenvalue weighted by Gasteiger charge is -2.29. The van der Waals surface area contributed by atoms with Crippen LogP contribution in [0.25, 0.3) is 0 Å². The van der Waals surface area contributed by atoms with Gasteiger partial charge in [-0.25, -0.2) is 4.98 Å². The molecule has 0 radical (unpaired) electrons. The van der Waals surface area contributed by atoms with Crippen molar-refractivity contribution >= 4 is 21.8 Å². The second kappa shape index (κ2) is 4.93. The van der Waals surface area contributed by atoms with Gasteiger partial charge in [-0.3, -0.25) is 4.79 Å². The molecule has 0 bridgehead atoms. The Hall–Kier alpha value is -0.940. The number of hydrogen-bond acceptors (Lipinski definition) is 3. The predicted molar refractivity (Wildman–Crippen MR) is 63.1 cm³/mol. The number of piperidine rings is 1. The second-order valence-electron chi connectivity index (χ2n) is 3.89. The molecule has 1 N–H and O–H groups in total. The molecule has 0 unspecified atom stereocenters. The fourth-order valence-electron chi connectivity index (χ4n) is 1.79. The summed E-state index contributed by atoms with van der Waals surface area (Å²) in [4.78, 5) is 17.8. The van der Waals surface area contributed by atoms with Gasteiger partial charge in [0.2, 0.25) is 0 Å². The van der Waals surface area contributed by atoms with E-state index in [2.05, 4.69) is 20.9 Å². The number of aliphatic hydroxyl groups excluding tert-OH is 1. The largest absolute Gasteiger partial charge is 0.393 e. The first-order valence-electron chi connectivity index (χ1n) is 5.26.